The number of carbonyl (C=O) groups is 4. The van der Waals surface area contributed by atoms with E-state index in [0.29, 0.717) is 9.53 Å². The number of likely N-dealkylation sites (tertiary alicyclic amines) is 1. The predicted molar refractivity (Wildman–Crippen MR) is 146 cm³/mol. The molecule has 3 amide bonds. The van der Waals surface area contributed by atoms with Crippen LogP contribution in [0.15, 0.2) is 46.3 Å². The molecule has 1 unspecified atom stereocenters. The molecule has 216 valence electrons. The Hall–Kier alpha value is -2.65. The van der Waals surface area contributed by atoms with Crippen LogP contribution in [0, 0.1) is 0 Å². The molecule has 2 rings (SSSR count). The van der Waals surface area contributed by atoms with Crippen LogP contribution >= 0.6 is 27.9 Å². The second-order valence-electron chi connectivity index (χ2n) is 9.50. The first-order valence-electron chi connectivity index (χ1n) is 12.3. The van der Waals surface area contributed by atoms with E-state index in [0.717, 1.165) is 16.4 Å². The van der Waals surface area contributed by atoms with Gasteiger partial charge in [0.15, 0.2) is 0 Å². The minimum atomic E-state index is -1.05. The molecule has 0 spiro atoms. The summed E-state index contributed by atoms with van der Waals surface area (Å²) >= 11 is 4.24. The second-order valence-corrected chi connectivity index (χ2v) is 11.4. The quantitative estimate of drug-likeness (QED) is 0.136. The lowest BCUT2D eigenvalue weighted by atomic mass is 10.1. The topological polar surface area (TPSA) is 147 Å². The van der Waals surface area contributed by atoms with Crippen molar-refractivity contribution in [1.29, 1.82) is 0 Å². The minimum absolute atomic E-state index is 0.0194. The number of benzene rings is 1. The van der Waals surface area contributed by atoms with Crippen LogP contribution in [-0.2, 0) is 28.7 Å². The molecule has 39 heavy (non-hydrogen) atoms. The minimum Gasteiger partial charge on any atom is -0.464 e. The van der Waals surface area contributed by atoms with Crippen molar-refractivity contribution in [3.63, 3.8) is 0 Å². The molecule has 1 aromatic carbocycles. The number of alkyl carbamates (subject to hydrolysis) is 1. The third-order valence-electron chi connectivity index (χ3n) is 5.19. The molecule has 0 radical (unpaired) electrons. The van der Waals surface area contributed by atoms with Crippen LogP contribution in [0.3, 0.4) is 0 Å². The van der Waals surface area contributed by atoms with Gasteiger partial charge in [-0.3, -0.25) is 19.6 Å². The Morgan fingerprint density at radius 1 is 1.28 bits per heavy atom. The van der Waals surface area contributed by atoms with Crippen molar-refractivity contribution in [3.05, 3.63) is 41.4 Å². The number of hydrogen-bond donors (Lipinski definition) is 3. The number of amides is 3. The molecular formula is C25H35BrN4O8S. The molecule has 3 atom stereocenters. The van der Waals surface area contributed by atoms with E-state index < -0.39 is 54.2 Å². The summed E-state index contributed by atoms with van der Waals surface area (Å²) in [6.45, 7) is 9.95. The number of hydrogen-bond acceptors (Lipinski definition) is 10. The molecule has 14 heteroatoms. The van der Waals surface area contributed by atoms with Gasteiger partial charge in [0.1, 0.15) is 30.3 Å². The summed E-state index contributed by atoms with van der Waals surface area (Å²) in [6.07, 6.45) is 0.0638. The molecule has 1 aliphatic rings. The molecule has 0 aromatic heterocycles. The SMILES string of the molecule is C=CCC(NC(=O)[C@@H]1C[C@H](ON(O)Sc2ccc(Br)cc2)CN1C(=O)CNC(=O)OC(C)(C)C)C(=O)OCC. The zero-order valence-electron chi connectivity index (χ0n) is 22.3. The summed E-state index contributed by atoms with van der Waals surface area (Å²) in [5.41, 5.74) is -0.757. The van der Waals surface area contributed by atoms with Gasteiger partial charge in [-0.25, -0.2) is 9.59 Å². The fourth-order valence-electron chi connectivity index (χ4n) is 3.59. The van der Waals surface area contributed by atoms with E-state index in [4.69, 9.17) is 14.3 Å². The lowest BCUT2D eigenvalue weighted by molar-refractivity contribution is -0.282. The van der Waals surface area contributed by atoms with Crippen LogP contribution in [0.4, 0.5) is 4.79 Å². The van der Waals surface area contributed by atoms with Gasteiger partial charge in [0.2, 0.25) is 11.8 Å². The molecule has 1 heterocycles. The van der Waals surface area contributed by atoms with Crippen LogP contribution < -0.4 is 10.6 Å². The van der Waals surface area contributed by atoms with Crippen LogP contribution in [0.25, 0.3) is 0 Å². The van der Waals surface area contributed by atoms with Crippen molar-refractivity contribution in [3.8, 4) is 0 Å². The van der Waals surface area contributed by atoms with Crippen LogP contribution in [0.5, 0.6) is 0 Å². The van der Waals surface area contributed by atoms with Gasteiger partial charge in [-0.15, -0.1) is 6.58 Å². The molecule has 1 aromatic rings. The summed E-state index contributed by atoms with van der Waals surface area (Å²) < 4.78 is 11.6. The van der Waals surface area contributed by atoms with Gasteiger partial charge in [0, 0.05) is 34.3 Å². The van der Waals surface area contributed by atoms with E-state index in [9.17, 15) is 24.4 Å². The van der Waals surface area contributed by atoms with Crippen molar-refractivity contribution < 1.29 is 38.7 Å². The third kappa shape index (κ3) is 11.2. The number of ether oxygens (including phenoxy) is 2. The zero-order valence-corrected chi connectivity index (χ0v) is 24.7. The first-order chi connectivity index (χ1) is 18.3. The maximum absolute atomic E-state index is 13.2. The highest BCUT2D eigenvalue weighted by atomic mass is 79.9. The molecule has 0 aliphatic carbocycles. The maximum Gasteiger partial charge on any atom is 0.408 e. The lowest BCUT2D eigenvalue weighted by Gasteiger charge is -2.26. The number of halogens is 1. The fraction of sp³-hybridized carbons (Fsp3) is 0.520. The largest absolute Gasteiger partial charge is 0.464 e. The molecule has 0 bridgehead atoms. The molecule has 3 N–H and O–H groups in total. The molecule has 1 aliphatic heterocycles. The van der Waals surface area contributed by atoms with E-state index in [1.807, 2.05) is 0 Å². The molecule has 0 saturated carbocycles. The van der Waals surface area contributed by atoms with Gasteiger partial charge in [-0.2, -0.15) is 0 Å². The Labute approximate surface area is 240 Å². The Bertz CT molecular complexity index is 1020. The monoisotopic (exact) mass is 630 g/mol. The average Bonchev–Trinajstić information content (AvgIpc) is 3.26. The standard InChI is InChI=1S/C25H35BrN4O8S/c1-6-8-19(23(33)36-7-2)28-22(32)20-13-17(38-30(35)39-18-11-9-16(26)10-12-18)15-29(20)21(31)14-27-24(34)37-25(3,4)5/h6,9-12,17,19-20,35H,1,7-8,13-15H2,2-5H3,(H,27,34)(H,28,32)/t17-,19?,20-/m0/s1. The predicted octanol–water partition coefficient (Wildman–Crippen LogP) is 3.20. The number of rotatable bonds is 12. The number of nitrogens with one attached hydrogen (secondary N) is 2. The van der Waals surface area contributed by atoms with Crippen molar-refractivity contribution in [2.45, 2.75) is 69.2 Å². The highest BCUT2D eigenvalue weighted by molar-refractivity contribution is 9.10. The van der Waals surface area contributed by atoms with E-state index in [2.05, 4.69) is 33.1 Å². The van der Waals surface area contributed by atoms with Gasteiger partial charge in [-0.1, -0.05) is 22.0 Å². The van der Waals surface area contributed by atoms with Gasteiger partial charge in [0.25, 0.3) is 0 Å². The molecule has 12 nitrogen and oxygen atoms in total. The summed E-state index contributed by atoms with van der Waals surface area (Å²) in [5.74, 6) is -1.82. The van der Waals surface area contributed by atoms with Crippen LogP contribution in [-0.4, -0.2) is 82.1 Å². The van der Waals surface area contributed by atoms with E-state index in [-0.39, 0.29) is 26.0 Å². The summed E-state index contributed by atoms with van der Waals surface area (Å²) in [6, 6.07) is 5.09. The Kier molecular flexibility index (Phi) is 12.7. The lowest BCUT2D eigenvalue weighted by Crippen LogP contribution is -2.52. The van der Waals surface area contributed by atoms with Crippen molar-refractivity contribution >= 4 is 51.8 Å². The first kappa shape index (κ1) is 32.6. The van der Waals surface area contributed by atoms with Gasteiger partial charge >= 0.3 is 12.1 Å². The Morgan fingerprint density at radius 2 is 1.95 bits per heavy atom. The number of carbonyl (C=O) groups excluding carboxylic acids is 4. The van der Waals surface area contributed by atoms with Gasteiger partial charge in [0.05, 0.1) is 6.61 Å². The fourth-order valence-corrected chi connectivity index (χ4v) is 4.45. The Morgan fingerprint density at radius 3 is 2.54 bits per heavy atom. The first-order valence-corrected chi connectivity index (χ1v) is 13.8. The third-order valence-corrected chi connectivity index (χ3v) is 6.45. The van der Waals surface area contributed by atoms with Crippen LogP contribution in [0.2, 0.25) is 0 Å². The highest BCUT2D eigenvalue weighted by Crippen LogP contribution is 2.27. The van der Waals surface area contributed by atoms with Crippen molar-refractivity contribution in [2.24, 2.45) is 0 Å². The number of esters is 1. The Balaban J connectivity index is 2.13. The maximum atomic E-state index is 13.2. The van der Waals surface area contributed by atoms with E-state index >= 15 is 0 Å². The molecule has 1 fully saturated rings. The van der Waals surface area contributed by atoms with Crippen molar-refractivity contribution in [2.75, 3.05) is 19.7 Å². The smallest absolute Gasteiger partial charge is 0.408 e. The van der Waals surface area contributed by atoms with Gasteiger partial charge < -0.3 is 25.0 Å². The van der Waals surface area contributed by atoms with E-state index in [1.165, 1.54) is 11.0 Å². The zero-order chi connectivity index (χ0) is 29.2. The van der Waals surface area contributed by atoms with Crippen molar-refractivity contribution in [1.82, 2.24) is 20.2 Å². The van der Waals surface area contributed by atoms with Gasteiger partial charge in [-0.05, 0) is 63.0 Å². The average molecular weight is 632 g/mol. The van der Waals surface area contributed by atoms with Crippen LogP contribution in [0.1, 0.15) is 40.5 Å². The summed E-state index contributed by atoms with van der Waals surface area (Å²) in [5, 5.41) is 15.3. The molecular weight excluding hydrogens is 596 g/mol. The number of nitrogens with zero attached hydrogens (tertiary/aromatic N) is 2. The molecule has 1 saturated heterocycles. The summed E-state index contributed by atoms with van der Waals surface area (Å²) in [4.78, 5) is 58.1. The summed E-state index contributed by atoms with van der Waals surface area (Å²) in [7, 11) is 0. The normalized spacial score (nSPS) is 17.9. The highest BCUT2D eigenvalue weighted by Gasteiger charge is 2.42. The second kappa shape index (κ2) is 15.2. The van der Waals surface area contributed by atoms with E-state index in [1.54, 1.807) is 52.0 Å².